The Morgan fingerprint density at radius 1 is 1.30 bits per heavy atom. The van der Waals surface area contributed by atoms with Crippen LogP contribution in [-0.2, 0) is 11.3 Å². The summed E-state index contributed by atoms with van der Waals surface area (Å²) in [4.78, 5) is 12.0. The van der Waals surface area contributed by atoms with Gasteiger partial charge in [0.2, 0.25) is 0 Å². The minimum atomic E-state index is -0.458. The van der Waals surface area contributed by atoms with Crippen LogP contribution in [0, 0.1) is 11.7 Å². The minimum absolute atomic E-state index is 0.0306. The first kappa shape index (κ1) is 16.2. The van der Waals surface area contributed by atoms with Crippen molar-refractivity contribution in [3.05, 3.63) is 69.4 Å². The molecule has 3 rings (SSSR count). The summed E-state index contributed by atoms with van der Waals surface area (Å²) in [7, 11) is 0. The lowest BCUT2D eigenvalue weighted by Gasteiger charge is -2.26. The van der Waals surface area contributed by atoms with E-state index in [1.807, 2.05) is 6.07 Å². The summed E-state index contributed by atoms with van der Waals surface area (Å²) in [6.07, 6.45) is 1.39. The molecule has 1 fully saturated rings. The first-order valence-corrected chi connectivity index (χ1v) is 7.96. The van der Waals surface area contributed by atoms with Crippen LogP contribution in [0.15, 0.2) is 47.4 Å². The molecule has 6 heteroatoms. The van der Waals surface area contributed by atoms with Crippen LogP contribution < -0.4 is 10.9 Å². The molecule has 23 heavy (non-hydrogen) atoms. The van der Waals surface area contributed by atoms with E-state index >= 15 is 0 Å². The fourth-order valence-electron chi connectivity index (χ4n) is 2.90. The minimum Gasteiger partial charge on any atom is -0.372 e. The van der Waals surface area contributed by atoms with Gasteiger partial charge in [-0.25, -0.2) is 4.39 Å². The average Bonchev–Trinajstić information content (AvgIpc) is 2.78. The molecule has 0 radical (unpaired) electrons. The van der Waals surface area contributed by atoms with Crippen molar-refractivity contribution in [2.24, 2.45) is 5.92 Å². The Bertz CT molecular complexity index is 735. The summed E-state index contributed by atoms with van der Waals surface area (Å²) in [6.45, 7) is 2.37. The third-order valence-electron chi connectivity index (χ3n) is 4.03. The van der Waals surface area contributed by atoms with Crippen molar-refractivity contribution >= 4 is 11.6 Å². The van der Waals surface area contributed by atoms with E-state index in [9.17, 15) is 9.18 Å². The van der Waals surface area contributed by atoms with Crippen molar-refractivity contribution in [3.8, 4) is 0 Å². The monoisotopic (exact) mass is 336 g/mol. The first-order valence-electron chi connectivity index (χ1n) is 7.58. The van der Waals surface area contributed by atoms with Crippen LogP contribution in [0.3, 0.4) is 0 Å². The Kier molecular flexibility index (Phi) is 5.10. The summed E-state index contributed by atoms with van der Waals surface area (Å²) in [5, 5.41) is 3.38. The molecule has 1 aromatic carbocycles. The molecule has 1 saturated heterocycles. The molecule has 2 aromatic rings. The smallest absolute Gasteiger partial charge is 0.250 e. The van der Waals surface area contributed by atoms with E-state index in [2.05, 4.69) is 5.32 Å². The molecule has 1 aliphatic heterocycles. The third-order valence-corrected chi connectivity index (χ3v) is 4.43. The SMILES string of the molecule is O=c1ccccn1C[C@@H]1CNCCO[C@H]1c1cccc(F)c1Cl. The maximum absolute atomic E-state index is 13.8. The summed E-state index contributed by atoms with van der Waals surface area (Å²) in [5.41, 5.74) is 0.560. The highest BCUT2D eigenvalue weighted by atomic mass is 35.5. The predicted molar refractivity (Wildman–Crippen MR) is 87.2 cm³/mol. The Morgan fingerprint density at radius 2 is 2.17 bits per heavy atom. The van der Waals surface area contributed by atoms with Crippen molar-refractivity contribution in [2.45, 2.75) is 12.6 Å². The number of ether oxygens (including phenoxy) is 1. The Morgan fingerprint density at radius 3 is 3.00 bits per heavy atom. The number of benzene rings is 1. The van der Waals surface area contributed by atoms with Crippen LogP contribution in [0.25, 0.3) is 0 Å². The van der Waals surface area contributed by atoms with Gasteiger partial charge in [-0.15, -0.1) is 0 Å². The number of aromatic nitrogens is 1. The van der Waals surface area contributed by atoms with Crippen LogP contribution in [0.2, 0.25) is 5.02 Å². The quantitative estimate of drug-likeness (QED) is 0.937. The lowest BCUT2D eigenvalue weighted by molar-refractivity contribution is 0.0249. The number of rotatable bonds is 3. The van der Waals surface area contributed by atoms with Crippen molar-refractivity contribution in [3.63, 3.8) is 0 Å². The molecule has 0 unspecified atom stereocenters. The molecule has 4 nitrogen and oxygen atoms in total. The van der Waals surface area contributed by atoms with Crippen molar-refractivity contribution < 1.29 is 9.13 Å². The largest absolute Gasteiger partial charge is 0.372 e. The maximum atomic E-state index is 13.8. The maximum Gasteiger partial charge on any atom is 0.250 e. The van der Waals surface area contributed by atoms with Gasteiger partial charge in [0, 0.05) is 43.4 Å². The molecule has 1 N–H and O–H groups in total. The van der Waals surface area contributed by atoms with Gasteiger partial charge in [-0.05, 0) is 12.1 Å². The fourth-order valence-corrected chi connectivity index (χ4v) is 3.13. The van der Waals surface area contributed by atoms with Crippen LogP contribution in [-0.4, -0.2) is 24.3 Å². The third kappa shape index (κ3) is 3.63. The zero-order chi connectivity index (χ0) is 16.2. The second kappa shape index (κ2) is 7.25. The Balaban J connectivity index is 1.93. The lowest BCUT2D eigenvalue weighted by Crippen LogP contribution is -2.31. The highest BCUT2D eigenvalue weighted by Crippen LogP contribution is 2.34. The van der Waals surface area contributed by atoms with Gasteiger partial charge in [-0.3, -0.25) is 4.79 Å². The van der Waals surface area contributed by atoms with Crippen molar-refractivity contribution in [1.82, 2.24) is 9.88 Å². The van der Waals surface area contributed by atoms with Crippen LogP contribution in [0.5, 0.6) is 0 Å². The molecule has 0 bridgehead atoms. The number of halogens is 2. The molecule has 0 amide bonds. The summed E-state index contributed by atoms with van der Waals surface area (Å²) in [5.74, 6) is -0.488. The number of hydrogen-bond acceptors (Lipinski definition) is 3. The Labute approximate surface area is 138 Å². The predicted octanol–water partition coefficient (Wildman–Crippen LogP) is 2.62. The van der Waals surface area contributed by atoms with E-state index in [-0.39, 0.29) is 22.6 Å². The molecular weight excluding hydrogens is 319 g/mol. The van der Waals surface area contributed by atoms with Gasteiger partial charge in [0.15, 0.2) is 0 Å². The van der Waals surface area contributed by atoms with Crippen LogP contribution in [0.1, 0.15) is 11.7 Å². The summed E-state index contributed by atoms with van der Waals surface area (Å²) >= 11 is 6.14. The number of hydrogen-bond donors (Lipinski definition) is 1. The van der Waals surface area contributed by atoms with Crippen LogP contribution >= 0.6 is 11.6 Å². The zero-order valence-electron chi connectivity index (χ0n) is 12.5. The van der Waals surface area contributed by atoms with Gasteiger partial charge in [0.05, 0.1) is 17.7 Å². The average molecular weight is 337 g/mol. The molecule has 2 atom stereocenters. The van der Waals surface area contributed by atoms with Crippen molar-refractivity contribution in [2.75, 3.05) is 19.7 Å². The van der Waals surface area contributed by atoms with Gasteiger partial charge in [-0.1, -0.05) is 29.8 Å². The van der Waals surface area contributed by atoms with Gasteiger partial charge >= 0.3 is 0 Å². The molecule has 1 aliphatic rings. The van der Waals surface area contributed by atoms with Gasteiger partial charge < -0.3 is 14.6 Å². The van der Waals surface area contributed by atoms with E-state index < -0.39 is 5.82 Å². The molecular formula is C17H18ClFN2O2. The number of nitrogens with zero attached hydrogens (tertiary/aromatic N) is 1. The van der Waals surface area contributed by atoms with Gasteiger partial charge in [0.1, 0.15) is 5.82 Å². The van der Waals surface area contributed by atoms with Gasteiger partial charge in [-0.2, -0.15) is 0 Å². The molecule has 0 spiro atoms. The molecule has 122 valence electrons. The second-order valence-electron chi connectivity index (χ2n) is 5.59. The van der Waals surface area contributed by atoms with E-state index in [0.717, 1.165) is 0 Å². The summed E-state index contributed by atoms with van der Waals surface area (Å²) in [6, 6.07) is 9.79. The standard InChI is InChI=1S/C17H18ClFN2O2/c18-16-13(4-3-5-14(16)19)17-12(10-20-7-9-23-17)11-21-8-2-1-6-15(21)22/h1-6,8,12,17,20H,7,9-11H2/t12-,17+/m0/s1. The van der Waals surface area contributed by atoms with E-state index in [4.69, 9.17) is 16.3 Å². The zero-order valence-corrected chi connectivity index (χ0v) is 13.3. The highest BCUT2D eigenvalue weighted by molar-refractivity contribution is 6.31. The lowest BCUT2D eigenvalue weighted by atomic mass is 9.95. The molecule has 2 heterocycles. The molecule has 0 saturated carbocycles. The van der Waals surface area contributed by atoms with Crippen molar-refractivity contribution in [1.29, 1.82) is 0 Å². The topological polar surface area (TPSA) is 43.3 Å². The van der Waals surface area contributed by atoms with E-state index in [0.29, 0.717) is 31.8 Å². The van der Waals surface area contributed by atoms with Gasteiger partial charge in [0.25, 0.3) is 5.56 Å². The fraction of sp³-hybridized carbons (Fsp3) is 0.353. The van der Waals surface area contributed by atoms with E-state index in [1.54, 1.807) is 29.0 Å². The first-order chi connectivity index (χ1) is 11.2. The second-order valence-corrected chi connectivity index (χ2v) is 5.97. The number of nitrogens with one attached hydrogen (secondary N) is 1. The number of pyridine rings is 1. The summed E-state index contributed by atoms with van der Waals surface area (Å²) < 4.78 is 21.4. The van der Waals surface area contributed by atoms with E-state index in [1.165, 1.54) is 12.1 Å². The molecule has 1 aromatic heterocycles. The highest BCUT2D eigenvalue weighted by Gasteiger charge is 2.29. The Hall–Kier alpha value is -1.69. The normalized spacial score (nSPS) is 21.8. The molecule has 0 aliphatic carbocycles. The van der Waals surface area contributed by atoms with Crippen LogP contribution in [0.4, 0.5) is 4.39 Å².